The predicted molar refractivity (Wildman–Crippen MR) is 78.1 cm³/mol. The minimum atomic E-state index is -4.36. The van der Waals surface area contributed by atoms with Crippen molar-refractivity contribution < 1.29 is 13.2 Å². The summed E-state index contributed by atoms with van der Waals surface area (Å²) in [6.45, 7) is 2.38. The van der Waals surface area contributed by atoms with Crippen molar-refractivity contribution in [2.45, 2.75) is 23.4 Å². The highest BCUT2D eigenvalue weighted by Crippen LogP contribution is 2.35. The number of rotatable bonds is 4. The minimum Gasteiger partial charge on any atom is -0.329 e. The number of nitrogens with two attached hydrogens (primary N) is 1. The first kappa shape index (κ1) is 15.9. The van der Waals surface area contributed by atoms with Crippen LogP contribution in [0.15, 0.2) is 47.6 Å². The van der Waals surface area contributed by atoms with Crippen LogP contribution in [-0.4, -0.2) is 11.5 Å². The van der Waals surface area contributed by atoms with E-state index in [9.17, 15) is 13.2 Å². The van der Waals surface area contributed by atoms with Gasteiger partial charge in [0.1, 0.15) is 0 Å². The van der Waals surface area contributed by atoms with Gasteiger partial charge < -0.3 is 5.73 Å². The number of pyridine rings is 1. The molecule has 0 aliphatic carbocycles. The van der Waals surface area contributed by atoms with Crippen LogP contribution in [0.5, 0.6) is 0 Å². The number of hydrogen-bond donors (Lipinski definition) is 1. The van der Waals surface area contributed by atoms with E-state index in [0.29, 0.717) is 11.6 Å². The molecule has 0 aliphatic heterocycles. The lowest BCUT2D eigenvalue weighted by Gasteiger charge is -2.15. The van der Waals surface area contributed by atoms with Crippen LogP contribution in [0.1, 0.15) is 21.9 Å². The molecule has 1 unspecified atom stereocenters. The van der Waals surface area contributed by atoms with Crippen LogP contribution in [0, 0.1) is 6.92 Å². The summed E-state index contributed by atoms with van der Waals surface area (Å²) in [6, 6.07) is 10.3. The van der Waals surface area contributed by atoms with E-state index in [1.54, 1.807) is 0 Å². The molecule has 1 heterocycles. The van der Waals surface area contributed by atoms with Crippen molar-refractivity contribution >= 4 is 11.8 Å². The van der Waals surface area contributed by atoms with Crippen LogP contribution < -0.4 is 5.73 Å². The molecule has 0 radical (unpaired) electrons. The van der Waals surface area contributed by atoms with E-state index in [0.717, 1.165) is 23.4 Å². The summed E-state index contributed by atoms with van der Waals surface area (Å²) in [6.07, 6.45) is -3.51. The lowest BCUT2D eigenvalue weighted by atomic mass is 10.1. The topological polar surface area (TPSA) is 38.9 Å². The monoisotopic (exact) mass is 312 g/mol. The van der Waals surface area contributed by atoms with E-state index in [4.69, 9.17) is 5.73 Å². The molecule has 0 amide bonds. The summed E-state index contributed by atoms with van der Waals surface area (Å²) in [7, 11) is 0. The minimum absolute atomic E-state index is 0.0326. The Bertz CT molecular complexity index is 579. The third-order valence-electron chi connectivity index (χ3n) is 2.99. The van der Waals surface area contributed by atoms with Gasteiger partial charge in [0.15, 0.2) is 0 Å². The standard InChI is InChI=1S/C15H15F3N2S/c1-10-2-4-11(5-3-10)13(8-19)21-14-7-6-12(9-20-14)15(16,17)18/h2-7,9,13H,8,19H2,1H3. The third kappa shape index (κ3) is 4.22. The molecule has 2 aromatic rings. The molecule has 0 fully saturated rings. The number of benzene rings is 1. The zero-order chi connectivity index (χ0) is 15.5. The molecule has 1 aromatic carbocycles. The van der Waals surface area contributed by atoms with Gasteiger partial charge in [0, 0.05) is 18.0 Å². The van der Waals surface area contributed by atoms with Crippen molar-refractivity contribution in [1.29, 1.82) is 0 Å². The average Bonchev–Trinajstić information content (AvgIpc) is 2.45. The normalized spacial score (nSPS) is 13.2. The maximum atomic E-state index is 12.5. The van der Waals surface area contributed by atoms with Gasteiger partial charge in [0.05, 0.1) is 10.6 Å². The van der Waals surface area contributed by atoms with Crippen molar-refractivity contribution in [3.8, 4) is 0 Å². The fraction of sp³-hybridized carbons (Fsp3) is 0.267. The molecule has 0 saturated heterocycles. The smallest absolute Gasteiger partial charge is 0.329 e. The second-order valence-electron chi connectivity index (χ2n) is 4.64. The number of halogens is 3. The molecule has 112 valence electrons. The van der Waals surface area contributed by atoms with Crippen LogP contribution >= 0.6 is 11.8 Å². The summed E-state index contributed by atoms with van der Waals surface area (Å²) in [5, 5.41) is 0.494. The molecule has 2 nitrogen and oxygen atoms in total. The van der Waals surface area contributed by atoms with Crippen molar-refractivity contribution in [2.24, 2.45) is 5.73 Å². The fourth-order valence-electron chi connectivity index (χ4n) is 1.80. The maximum absolute atomic E-state index is 12.5. The van der Waals surface area contributed by atoms with Gasteiger partial charge in [0.25, 0.3) is 0 Å². The highest BCUT2D eigenvalue weighted by molar-refractivity contribution is 7.99. The van der Waals surface area contributed by atoms with Crippen LogP contribution in [0.3, 0.4) is 0 Å². The van der Waals surface area contributed by atoms with Crippen molar-refractivity contribution in [1.82, 2.24) is 4.98 Å². The largest absolute Gasteiger partial charge is 0.417 e. The van der Waals surface area contributed by atoms with E-state index in [2.05, 4.69) is 4.98 Å². The summed E-state index contributed by atoms with van der Waals surface area (Å²) in [5.41, 5.74) is 7.20. The van der Waals surface area contributed by atoms with Gasteiger partial charge >= 0.3 is 6.18 Å². The summed E-state index contributed by atoms with van der Waals surface area (Å²) in [4.78, 5) is 3.86. The van der Waals surface area contributed by atoms with Gasteiger partial charge in [-0.1, -0.05) is 41.6 Å². The number of aryl methyl sites for hydroxylation is 1. The van der Waals surface area contributed by atoms with E-state index >= 15 is 0 Å². The SMILES string of the molecule is Cc1ccc(C(CN)Sc2ccc(C(F)(F)F)cn2)cc1. The number of aromatic nitrogens is 1. The van der Waals surface area contributed by atoms with Crippen LogP contribution in [-0.2, 0) is 6.18 Å². The maximum Gasteiger partial charge on any atom is 0.417 e. The van der Waals surface area contributed by atoms with Crippen molar-refractivity contribution in [3.63, 3.8) is 0 Å². The Hall–Kier alpha value is -1.53. The lowest BCUT2D eigenvalue weighted by molar-refractivity contribution is -0.137. The van der Waals surface area contributed by atoms with Crippen LogP contribution in [0.25, 0.3) is 0 Å². The van der Waals surface area contributed by atoms with Crippen molar-refractivity contribution in [2.75, 3.05) is 6.54 Å². The predicted octanol–water partition coefficient (Wildman–Crippen LogP) is 4.20. The number of alkyl halides is 3. The highest BCUT2D eigenvalue weighted by atomic mass is 32.2. The van der Waals surface area contributed by atoms with Crippen LogP contribution in [0.2, 0.25) is 0 Å². The zero-order valence-electron chi connectivity index (χ0n) is 11.4. The number of nitrogens with zero attached hydrogens (tertiary/aromatic N) is 1. The Balaban J connectivity index is 2.13. The van der Waals surface area contributed by atoms with E-state index in [-0.39, 0.29) is 5.25 Å². The van der Waals surface area contributed by atoms with Crippen molar-refractivity contribution in [3.05, 3.63) is 59.3 Å². The van der Waals surface area contributed by atoms with Gasteiger partial charge in [-0.3, -0.25) is 0 Å². The third-order valence-corrected chi connectivity index (χ3v) is 4.22. The molecule has 1 atom stereocenters. The van der Waals surface area contributed by atoms with Gasteiger partial charge in [-0.2, -0.15) is 13.2 Å². The first-order chi connectivity index (χ1) is 9.90. The van der Waals surface area contributed by atoms with E-state index < -0.39 is 11.7 Å². The number of hydrogen-bond acceptors (Lipinski definition) is 3. The fourth-order valence-corrected chi connectivity index (χ4v) is 2.74. The molecule has 2 rings (SSSR count). The van der Waals surface area contributed by atoms with Crippen LogP contribution in [0.4, 0.5) is 13.2 Å². The molecule has 2 N–H and O–H groups in total. The van der Waals surface area contributed by atoms with E-state index in [1.165, 1.54) is 17.8 Å². The zero-order valence-corrected chi connectivity index (χ0v) is 12.2. The second kappa shape index (κ2) is 6.49. The molecular formula is C15H15F3N2S. The molecule has 0 spiro atoms. The lowest BCUT2D eigenvalue weighted by Crippen LogP contribution is -2.10. The molecular weight excluding hydrogens is 297 g/mol. The van der Waals surface area contributed by atoms with Gasteiger partial charge in [0.2, 0.25) is 0 Å². The molecule has 0 saturated carbocycles. The Morgan fingerprint density at radius 3 is 2.29 bits per heavy atom. The summed E-state index contributed by atoms with van der Waals surface area (Å²) >= 11 is 1.36. The van der Waals surface area contributed by atoms with Gasteiger partial charge in [-0.05, 0) is 24.6 Å². The Labute approximate surface area is 125 Å². The Kier molecular flexibility index (Phi) is 4.90. The molecule has 6 heteroatoms. The van der Waals surface area contributed by atoms with Gasteiger partial charge in [-0.25, -0.2) is 4.98 Å². The summed E-state index contributed by atoms with van der Waals surface area (Å²) < 4.78 is 37.5. The molecule has 21 heavy (non-hydrogen) atoms. The molecule has 0 bridgehead atoms. The average molecular weight is 312 g/mol. The van der Waals surface area contributed by atoms with Gasteiger partial charge in [-0.15, -0.1) is 0 Å². The summed E-state index contributed by atoms with van der Waals surface area (Å²) in [5.74, 6) is 0. The molecule has 0 aliphatic rings. The van der Waals surface area contributed by atoms with E-state index in [1.807, 2.05) is 31.2 Å². The quantitative estimate of drug-likeness (QED) is 0.860. The molecule has 1 aromatic heterocycles. The first-order valence-electron chi connectivity index (χ1n) is 6.36. The second-order valence-corrected chi connectivity index (χ2v) is 5.86. The first-order valence-corrected chi connectivity index (χ1v) is 7.24. The Morgan fingerprint density at radius 1 is 1.14 bits per heavy atom. The Morgan fingerprint density at radius 2 is 1.81 bits per heavy atom. The highest BCUT2D eigenvalue weighted by Gasteiger charge is 2.30. The number of thioether (sulfide) groups is 1.